The van der Waals surface area contributed by atoms with Crippen LogP contribution in [0.4, 0.5) is 0 Å². The van der Waals surface area contributed by atoms with E-state index in [2.05, 4.69) is 23.7 Å². The van der Waals surface area contributed by atoms with Crippen LogP contribution in [0.25, 0.3) is 0 Å². The molecule has 0 aliphatic rings. The Bertz CT molecular complexity index is 865. The van der Waals surface area contributed by atoms with Gasteiger partial charge in [0.05, 0.1) is 12.6 Å². The molecule has 27 heavy (non-hydrogen) atoms. The van der Waals surface area contributed by atoms with Crippen LogP contribution in [0.1, 0.15) is 19.6 Å². The molecule has 0 atom stereocenters. The number of nitrogens with one attached hydrogen (secondary N) is 1. The van der Waals surface area contributed by atoms with Crippen LogP contribution in [0.5, 0.6) is 6.01 Å². The third-order valence-electron chi connectivity index (χ3n) is 2.46. The van der Waals surface area contributed by atoms with Crippen LogP contribution >= 0.6 is 45.7 Å². The Morgan fingerprint density at radius 3 is 2.04 bits per heavy atom. The number of H-pyrrole nitrogens is 1. The van der Waals surface area contributed by atoms with Gasteiger partial charge < -0.3 is 9.72 Å². The SMILES string of the molecule is COc1nsc(C)n1.Cc1c[nH]c(=O)s1.Cc1ccns1.Cc1cncs1. The predicted octanol–water partition coefficient (Wildman–Crippen LogP) is 4.50. The monoisotopic (exact) mass is 443 g/mol. The van der Waals surface area contributed by atoms with E-state index < -0.39 is 0 Å². The molecule has 4 aromatic rings. The van der Waals surface area contributed by atoms with Crippen molar-refractivity contribution in [1.29, 1.82) is 0 Å². The summed E-state index contributed by atoms with van der Waals surface area (Å²) in [7, 11) is 1.56. The molecule has 0 fully saturated rings. The molecular weight excluding hydrogens is 422 g/mol. The number of aryl methyl sites for hydroxylation is 4. The Labute approximate surface area is 174 Å². The third kappa shape index (κ3) is 11.4. The lowest BCUT2D eigenvalue weighted by Crippen LogP contribution is -1.88. The number of ether oxygens (including phenoxy) is 1. The third-order valence-corrected chi connectivity index (χ3v) is 5.16. The molecule has 0 radical (unpaired) electrons. The molecule has 0 saturated heterocycles. The van der Waals surface area contributed by atoms with E-state index in [1.54, 1.807) is 30.8 Å². The maximum Gasteiger partial charge on any atom is 0.328 e. The van der Waals surface area contributed by atoms with Gasteiger partial charge in [-0.3, -0.25) is 9.78 Å². The van der Waals surface area contributed by atoms with E-state index in [1.165, 1.54) is 44.2 Å². The summed E-state index contributed by atoms with van der Waals surface area (Å²) in [4.78, 5) is 24.1. The van der Waals surface area contributed by atoms with Gasteiger partial charge in [-0.05, 0) is 56.8 Å². The summed E-state index contributed by atoms with van der Waals surface area (Å²) in [6.07, 6.45) is 5.36. The molecule has 0 unspecified atom stereocenters. The predicted molar refractivity (Wildman–Crippen MR) is 115 cm³/mol. The number of thiazole rings is 2. The molecule has 4 heterocycles. The fourth-order valence-corrected chi connectivity index (χ4v) is 3.08. The molecule has 1 N–H and O–H groups in total. The topological polar surface area (TPSA) is 93.7 Å². The highest BCUT2D eigenvalue weighted by atomic mass is 32.1. The number of hydrogen-bond donors (Lipinski definition) is 1. The quantitative estimate of drug-likeness (QED) is 0.465. The van der Waals surface area contributed by atoms with Gasteiger partial charge in [-0.25, -0.2) is 4.37 Å². The standard InChI is InChI=1S/C4H6N2OS.C4H5NOS.2C4H5NS/c1-3-5-4(7-2)6-8-3;1-3-2-5-4(6)7-3;1-4-2-5-3-6-4;1-4-2-3-5-6-4/h1-2H3;2H,1H3,(H,5,6);2*2-3H,1H3. The van der Waals surface area contributed by atoms with Gasteiger partial charge in [-0.15, -0.1) is 15.7 Å². The van der Waals surface area contributed by atoms with E-state index in [0.29, 0.717) is 6.01 Å². The van der Waals surface area contributed by atoms with Crippen LogP contribution in [0.3, 0.4) is 0 Å². The maximum absolute atomic E-state index is 10.3. The van der Waals surface area contributed by atoms with Crippen LogP contribution < -0.4 is 9.61 Å². The summed E-state index contributed by atoms with van der Waals surface area (Å²) >= 11 is 5.77. The van der Waals surface area contributed by atoms with Crippen molar-refractivity contribution in [2.24, 2.45) is 0 Å². The molecule has 0 bridgehead atoms. The van der Waals surface area contributed by atoms with E-state index in [0.717, 1.165) is 9.88 Å². The summed E-state index contributed by atoms with van der Waals surface area (Å²) in [6, 6.07) is 2.46. The second-order valence-electron chi connectivity index (χ2n) is 4.82. The Morgan fingerprint density at radius 2 is 1.85 bits per heavy atom. The van der Waals surface area contributed by atoms with Gasteiger partial charge in [-0.2, -0.15) is 4.98 Å². The van der Waals surface area contributed by atoms with Crippen molar-refractivity contribution in [3.8, 4) is 6.01 Å². The molecule has 0 amide bonds. The van der Waals surface area contributed by atoms with Crippen LogP contribution in [0, 0.1) is 27.7 Å². The number of aromatic amines is 1. The normalized spacial score (nSPS) is 9.07. The molecule has 0 aliphatic heterocycles. The van der Waals surface area contributed by atoms with Gasteiger partial charge in [0.1, 0.15) is 5.01 Å². The van der Waals surface area contributed by atoms with Gasteiger partial charge in [0.25, 0.3) is 0 Å². The first-order chi connectivity index (χ1) is 12.9. The van der Waals surface area contributed by atoms with E-state index in [1.807, 2.05) is 45.5 Å². The summed E-state index contributed by atoms with van der Waals surface area (Å²) < 4.78 is 12.4. The van der Waals surface area contributed by atoms with Gasteiger partial charge in [0, 0.05) is 33.2 Å². The van der Waals surface area contributed by atoms with Gasteiger partial charge in [0.2, 0.25) is 0 Å². The highest BCUT2D eigenvalue weighted by Gasteiger charge is 1.94. The Hall–Kier alpha value is -1.95. The van der Waals surface area contributed by atoms with Crippen LogP contribution in [0.2, 0.25) is 0 Å². The van der Waals surface area contributed by atoms with Crippen LogP contribution in [0.15, 0.2) is 35.0 Å². The molecule has 7 nitrogen and oxygen atoms in total. The lowest BCUT2D eigenvalue weighted by Gasteiger charge is -1.83. The van der Waals surface area contributed by atoms with Crippen molar-refractivity contribution in [3.63, 3.8) is 0 Å². The molecular formula is C16H21N5O2S4. The highest BCUT2D eigenvalue weighted by molar-refractivity contribution is 7.09. The minimum absolute atomic E-state index is 0.0255. The first-order valence-corrected chi connectivity index (χ1v) is 10.9. The van der Waals surface area contributed by atoms with Crippen molar-refractivity contribution in [3.05, 3.63) is 59.5 Å². The number of hydrogen-bond acceptors (Lipinski definition) is 10. The van der Waals surface area contributed by atoms with Gasteiger partial charge in [-0.1, -0.05) is 11.3 Å². The lowest BCUT2D eigenvalue weighted by molar-refractivity contribution is 0.385. The van der Waals surface area contributed by atoms with Gasteiger partial charge >= 0.3 is 10.9 Å². The highest BCUT2D eigenvalue weighted by Crippen LogP contribution is 2.07. The Morgan fingerprint density at radius 1 is 1.07 bits per heavy atom. The number of aromatic nitrogens is 5. The summed E-state index contributed by atoms with van der Waals surface area (Å²) in [5.41, 5.74) is 1.83. The zero-order valence-corrected chi connectivity index (χ0v) is 18.9. The zero-order chi connectivity index (χ0) is 20.1. The van der Waals surface area contributed by atoms with Crippen LogP contribution in [-0.2, 0) is 0 Å². The van der Waals surface area contributed by atoms with Crippen molar-refractivity contribution in [1.82, 2.24) is 23.7 Å². The van der Waals surface area contributed by atoms with Crippen molar-refractivity contribution < 1.29 is 4.74 Å². The summed E-state index contributed by atoms with van der Waals surface area (Å²) in [5.74, 6) is 0. The Balaban J connectivity index is 0.000000181. The first kappa shape index (κ1) is 23.1. The zero-order valence-electron chi connectivity index (χ0n) is 15.6. The van der Waals surface area contributed by atoms with E-state index >= 15 is 0 Å². The molecule has 0 aliphatic carbocycles. The molecule has 0 saturated carbocycles. The molecule has 4 rings (SSSR count). The number of nitrogens with zero attached hydrogens (tertiary/aromatic N) is 4. The molecule has 4 aromatic heterocycles. The minimum Gasteiger partial charge on any atom is -0.466 e. The molecule has 11 heteroatoms. The van der Waals surface area contributed by atoms with E-state index in [-0.39, 0.29) is 4.87 Å². The smallest absolute Gasteiger partial charge is 0.328 e. The van der Waals surface area contributed by atoms with Crippen molar-refractivity contribution in [2.75, 3.05) is 7.11 Å². The first-order valence-electron chi connectivity index (χ1n) is 7.62. The van der Waals surface area contributed by atoms with Crippen molar-refractivity contribution in [2.45, 2.75) is 27.7 Å². The van der Waals surface area contributed by atoms with E-state index in [4.69, 9.17) is 4.74 Å². The summed E-state index contributed by atoms with van der Waals surface area (Å²) in [6.45, 7) is 7.86. The Kier molecular flexibility index (Phi) is 11.3. The second kappa shape index (κ2) is 13.3. The van der Waals surface area contributed by atoms with Crippen LogP contribution in [-0.4, -0.2) is 30.8 Å². The fourth-order valence-electron chi connectivity index (χ4n) is 1.29. The minimum atomic E-state index is 0.0255. The average Bonchev–Trinajstić information content (AvgIpc) is 3.42. The lowest BCUT2D eigenvalue weighted by atomic mass is 10.6. The van der Waals surface area contributed by atoms with Gasteiger partial charge in [0.15, 0.2) is 0 Å². The molecule has 0 aromatic carbocycles. The summed E-state index contributed by atoms with van der Waals surface area (Å²) in [5, 5.41) is 0.932. The van der Waals surface area contributed by atoms with E-state index in [9.17, 15) is 4.79 Å². The average molecular weight is 444 g/mol. The molecule has 146 valence electrons. The fraction of sp³-hybridized carbons (Fsp3) is 0.312. The largest absolute Gasteiger partial charge is 0.466 e. The number of rotatable bonds is 1. The van der Waals surface area contributed by atoms with Crippen molar-refractivity contribution >= 4 is 45.7 Å². The maximum atomic E-state index is 10.3. The number of methoxy groups -OCH3 is 1. The molecule has 0 spiro atoms. The second-order valence-corrected chi connectivity index (χ2v) is 9.13.